The summed E-state index contributed by atoms with van der Waals surface area (Å²) in [5.74, 6) is -0.483. The number of nitrogens with one attached hydrogen (secondary N) is 3. The Morgan fingerprint density at radius 3 is 2.27 bits per heavy atom. The zero-order valence-electron chi connectivity index (χ0n) is 15.9. The summed E-state index contributed by atoms with van der Waals surface area (Å²) >= 11 is 0. The van der Waals surface area contributed by atoms with Crippen LogP contribution in [-0.2, 0) is 14.3 Å². The molecule has 0 aliphatic carbocycles. The first-order chi connectivity index (χ1) is 12.0. The van der Waals surface area contributed by atoms with Crippen molar-refractivity contribution >= 4 is 29.3 Å². The molecular formula is C19H27N3O4. The predicted molar refractivity (Wildman–Crippen MR) is 102 cm³/mol. The number of benzene rings is 1. The van der Waals surface area contributed by atoms with Crippen LogP contribution in [0.15, 0.2) is 35.9 Å². The Morgan fingerprint density at radius 2 is 1.69 bits per heavy atom. The van der Waals surface area contributed by atoms with Gasteiger partial charge in [-0.2, -0.15) is 0 Å². The largest absolute Gasteiger partial charge is 0.444 e. The minimum absolute atomic E-state index is 0.105. The zero-order chi connectivity index (χ0) is 19.7. The van der Waals surface area contributed by atoms with Crippen LogP contribution in [0.1, 0.15) is 41.0 Å². The van der Waals surface area contributed by atoms with E-state index in [0.717, 1.165) is 5.57 Å². The first-order valence-electron chi connectivity index (χ1n) is 8.38. The molecule has 0 saturated heterocycles. The van der Waals surface area contributed by atoms with E-state index in [1.165, 1.54) is 6.08 Å². The third-order valence-electron chi connectivity index (χ3n) is 2.85. The molecule has 0 aliphatic rings. The van der Waals surface area contributed by atoms with E-state index in [0.29, 0.717) is 11.4 Å². The van der Waals surface area contributed by atoms with E-state index in [9.17, 15) is 14.4 Å². The van der Waals surface area contributed by atoms with Crippen LogP contribution in [0.4, 0.5) is 16.2 Å². The van der Waals surface area contributed by atoms with Gasteiger partial charge in [0.2, 0.25) is 11.8 Å². The van der Waals surface area contributed by atoms with Crippen molar-refractivity contribution in [2.45, 2.75) is 46.6 Å². The molecule has 142 valence electrons. The van der Waals surface area contributed by atoms with Gasteiger partial charge in [0, 0.05) is 30.4 Å². The van der Waals surface area contributed by atoms with Crippen LogP contribution in [0.2, 0.25) is 0 Å². The van der Waals surface area contributed by atoms with Gasteiger partial charge in [0.25, 0.3) is 0 Å². The van der Waals surface area contributed by atoms with Crippen molar-refractivity contribution < 1.29 is 19.1 Å². The van der Waals surface area contributed by atoms with Gasteiger partial charge in [-0.1, -0.05) is 11.6 Å². The summed E-state index contributed by atoms with van der Waals surface area (Å²) in [6, 6.07) is 6.84. The number of anilines is 2. The smallest absolute Gasteiger partial charge is 0.407 e. The van der Waals surface area contributed by atoms with E-state index in [-0.39, 0.29) is 24.8 Å². The number of allylic oxidation sites excluding steroid dienone is 1. The average Bonchev–Trinajstić information content (AvgIpc) is 2.44. The Hall–Kier alpha value is -2.83. The van der Waals surface area contributed by atoms with E-state index >= 15 is 0 Å². The summed E-state index contributed by atoms with van der Waals surface area (Å²) in [5.41, 5.74) is 1.45. The Morgan fingerprint density at radius 1 is 1.08 bits per heavy atom. The monoisotopic (exact) mass is 361 g/mol. The lowest BCUT2D eigenvalue weighted by Crippen LogP contribution is -2.34. The lowest BCUT2D eigenvalue weighted by Gasteiger charge is -2.19. The van der Waals surface area contributed by atoms with Gasteiger partial charge in [-0.3, -0.25) is 9.59 Å². The van der Waals surface area contributed by atoms with Gasteiger partial charge in [0.15, 0.2) is 0 Å². The topological polar surface area (TPSA) is 96.5 Å². The first-order valence-corrected chi connectivity index (χ1v) is 8.38. The molecule has 1 aromatic carbocycles. The van der Waals surface area contributed by atoms with Crippen LogP contribution in [-0.4, -0.2) is 30.1 Å². The molecule has 0 heterocycles. The molecule has 0 spiro atoms. The summed E-state index contributed by atoms with van der Waals surface area (Å²) in [6.45, 7) is 9.13. The van der Waals surface area contributed by atoms with E-state index in [1.807, 2.05) is 13.8 Å². The molecule has 0 radical (unpaired) electrons. The van der Waals surface area contributed by atoms with Crippen molar-refractivity contribution in [2.75, 3.05) is 17.2 Å². The Balaban J connectivity index is 2.47. The fraction of sp³-hybridized carbons (Fsp3) is 0.421. The van der Waals surface area contributed by atoms with Crippen LogP contribution < -0.4 is 16.0 Å². The molecular weight excluding hydrogens is 334 g/mol. The number of amides is 3. The number of carbonyl (C=O) groups is 3. The van der Waals surface area contributed by atoms with Crippen molar-refractivity contribution in [3.8, 4) is 0 Å². The second kappa shape index (κ2) is 9.60. The molecule has 1 rings (SSSR count). The van der Waals surface area contributed by atoms with Crippen LogP contribution in [0.3, 0.4) is 0 Å². The fourth-order valence-corrected chi connectivity index (χ4v) is 1.93. The molecule has 3 N–H and O–H groups in total. The van der Waals surface area contributed by atoms with Crippen molar-refractivity contribution in [1.82, 2.24) is 5.32 Å². The Bertz CT molecular complexity index is 686. The second-order valence-electron chi connectivity index (χ2n) is 7.02. The van der Waals surface area contributed by atoms with Crippen molar-refractivity contribution in [3.63, 3.8) is 0 Å². The van der Waals surface area contributed by atoms with Gasteiger partial charge in [0.1, 0.15) is 5.60 Å². The number of ether oxygens (including phenoxy) is 1. The lowest BCUT2D eigenvalue weighted by atomic mass is 10.2. The zero-order valence-corrected chi connectivity index (χ0v) is 15.9. The van der Waals surface area contributed by atoms with E-state index in [2.05, 4.69) is 16.0 Å². The minimum Gasteiger partial charge on any atom is -0.444 e. The average molecular weight is 361 g/mol. The maximum atomic E-state index is 12.0. The third-order valence-corrected chi connectivity index (χ3v) is 2.85. The first kappa shape index (κ1) is 21.2. The molecule has 0 atom stereocenters. The number of hydrogen-bond donors (Lipinski definition) is 3. The molecule has 0 unspecified atom stereocenters. The molecule has 3 amide bonds. The highest BCUT2D eigenvalue weighted by Crippen LogP contribution is 2.15. The molecule has 0 saturated carbocycles. The second-order valence-corrected chi connectivity index (χ2v) is 7.02. The Kier molecular flexibility index (Phi) is 7.83. The van der Waals surface area contributed by atoms with Gasteiger partial charge in [-0.05, 0) is 52.8 Å². The van der Waals surface area contributed by atoms with Crippen LogP contribution in [0.5, 0.6) is 0 Å². The molecule has 0 bridgehead atoms. The van der Waals surface area contributed by atoms with Gasteiger partial charge in [-0.25, -0.2) is 4.79 Å². The summed E-state index contributed by atoms with van der Waals surface area (Å²) in [7, 11) is 0. The quantitative estimate of drug-likeness (QED) is 0.676. The molecule has 7 heteroatoms. The van der Waals surface area contributed by atoms with E-state index in [4.69, 9.17) is 4.74 Å². The number of alkyl carbamates (subject to hydrolysis) is 1. The lowest BCUT2D eigenvalue weighted by molar-refractivity contribution is -0.116. The molecule has 0 aliphatic heterocycles. The van der Waals surface area contributed by atoms with Crippen molar-refractivity contribution in [3.05, 3.63) is 35.9 Å². The Labute approximate surface area is 154 Å². The third kappa shape index (κ3) is 9.46. The number of hydrogen-bond acceptors (Lipinski definition) is 4. The summed E-state index contributed by atoms with van der Waals surface area (Å²) in [4.78, 5) is 35.2. The van der Waals surface area contributed by atoms with Gasteiger partial charge in [0.05, 0.1) is 0 Å². The molecule has 0 fully saturated rings. The SMILES string of the molecule is CC(C)=CC(=O)Nc1cccc(NC(=O)CCNC(=O)OC(C)(C)C)c1. The molecule has 1 aromatic rings. The molecule has 26 heavy (non-hydrogen) atoms. The number of rotatable bonds is 6. The standard InChI is InChI=1S/C19H27N3O4/c1-13(2)11-17(24)22-15-8-6-7-14(12-15)21-16(23)9-10-20-18(25)26-19(3,4)5/h6-8,11-12H,9-10H2,1-5H3,(H,20,25)(H,21,23)(H,22,24). The van der Waals surface area contributed by atoms with Gasteiger partial charge in [-0.15, -0.1) is 0 Å². The fourth-order valence-electron chi connectivity index (χ4n) is 1.93. The maximum Gasteiger partial charge on any atom is 0.407 e. The van der Waals surface area contributed by atoms with Gasteiger partial charge < -0.3 is 20.7 Å². The summed E-state index contributed by atoms with van der Waals surface area (Å²) in [6.07, 6.45) is 1.04. The van der Waals surface area contributed by atoms with Crippen LogP contribution >= 0.6 is 0 Å². The van der Waals surface area contributed by atoms with Gasteiger partial charge >= 0.3 is 6.09 Å². The highest BCUT2D eigenvalue weighted by atomic mass is 16.6. The summed E-state index contributed by atoms with van der Waals surface area (Å²) < 4.78 is 5.09. The summed E-state index contributed by atoms with van der Waals surface area (Å²) in [5, 5.41) is 7.97. The minimum atomic E-state index is -0.581. The molecule has 0 aromatic heterocycles. The highest BCUT2D eigenvalue weighted by Gasteiger charge is 2.15. The number of carbonyl (C=O) groups excluding carboxylic acids is 3. The molecule has 7 nitrogen and oxygen atoms in total. The normalized spacial score (nSPS) is 10.5. The van der Waals surface area contributed by atoms with Crippen molar-refractivity contribution in [2.24, 2.45) is 0 Å². The van der Waals surface area contributed by atoms with Crippen LogP contribution in [0.25, 0.3) is 0 Å². The maximum absolute atomic E-state index is 12.0. The van der Waals surface area contributed by atoms with Crippen molar-refractivity contribution in [1.29, 1.82) is 0 Å². The predicted octanol–water partition coefficient (Wildman–Crippen LogP) is 3.44. The van der Waals surface area contributed by atoms with Crippen LogP contribution in [0, 0.1) is 0 Å². The van der Waals surface area contributed by atoms with E-state index in [1.54, 1.807) is 45.0 Å². The highest BCUT2D eigenvalue weighted by molar-refractivity contribution is 6.00. The van der Waals surface area contributed by atoms with E-state index < -0.39 is 11.7 Å².